The molecule has 4 rings (SSSR count). The molecule has 0 bridgehead atoms. The summed E-state index contributed by atoms with van der Waals surface area (Å²) in [7, 11) is 0. The molecule has 3 N–H and O–H groups in total. The summed E-state index contributed by atoms with van der Waals surface area (Å²) in [6.07, 6.45) is 10.3. The number of carbonyl (C=O) groups is 2. The molecule has 1 atom stereocenters. The average molecular weight is 504 g/mol. The Morgan fingerprint density at radius 3 is 2.30 bits per heavy atom. The number of thiocarbonyl (C=S) groups is 1. The van der Waals surface area contributed by atoms with Crippen LogP contribution in [0.15, 0.2) is 48.4 Å². The zero-order valence-electron chi connectivity index (χ0n) is 17.7. The summed E-state index contributed by atoms with van der Waals surface area (Å²) in [5.41, 5.74) is 2.32. The molecule has 1 aromatic heterocycles. The van der Waals surface area contributed by atoms with Crippen molar-refractivity contribution < 1.29 is 14.7 Å². The molecular weight excluding hydrogens is 481 g/mol. The Balaban J connectivity index is 1.42. The van der Waals surface area contributed by atoms with Crippen LogP contribution in [0.3, 0.4) is 0 Å². The molecule has 0 radical (unpaired) electrons. The van der Waals surface area contributed by atoms with Crippen LogP contribution >= 0.6 is 35.4 Å². The van der Waals surface area contributed by atoms with Crippen molar-refractivity contribution in [3.8, 4) is 0 Å². The lowest BCUT2D eigenvalue weighted by atomic mass is 9.63. The number of hydrogen-bond acceptors (Lipinski definition) is 5. The molecule has 0 aliphatic heterocycles. The molecule has 1 aromatic carbocycles. The Hall–Kier alpha value is -2.48. The molecule has 1 unspecified atom stereocenters. The van der Waals surface area contributed by atoms with Gasteiger partial charge in [-0.15, -0.1) is 0 Å². The lowest BCUT2D eigenvalue weighted by Crippen LogP contribution is -2.51. The van der Waals surface area contributed by atoms with Crippen molar-refractivity contribution in [1.29, 1.82) is 0 Å². The number of aromatic nitrogens is 1. The molecule has 9 heteroatoms. The Kier molecular flexibility index (Phi) is 7.02. The van der Waals surface area contributed by atoms with E-state index in [1.165, 1.54) is 18.8 Å². The number of nitrogens with zero attached hydrogens (tertiary/aromatic N) is 1. The van der Waals surface area contributed by atoms with Crippen LogP contribution in [0, 0.1) is 5.41 Å². The fourth-order valence-electron chi connectivity index (χ4n) is 4.48. The molecule has 33 heavy (non-hydrogen) atoms. The predicted octanol–water partition coefficient (Wildman–Crippen LogP) is 5.44. The normalized spacial score (nSPS) is 17.6. The average Bonchev–Trinajstić information content (AvgIpc) is 2.79. The van der Waals surface area contributed by atoms with Crippen LogP contribution in [-0.2, 0) is 11.2 Å². The van der Waals surface area contributed by atoms with Crippen LogP contribution in [0.4, 0.5) is 5.69 Å². The van der Waals surface area contributed by atoms with Gasteiger partial charge < -0.3 is 15.7 Å². The smallest absolute Gasteiger partial charge is 0.326 e. The van der Waals surface area contributed by atoms with Crippen molar-refractivity contribution in [2.24, 2.45) is 5.41 Å². The SMILES string of the molecule is O=C(Nc1ccc(CC(NC2=CC(=S)C23CCCCC3)C(=O)O)cc1)c1c(Cl)cncc1Cl. The number of carbonyl (C=O) groups excluding carboxylic acids is 1. The molecule has 1 spiro atoms. The molecular formula is C24H23Cl2N3O3S. The van der Waals surface area contributed by atoms with Crippen molar-refractivity contribution in [3.05, 3.63) is 69.6 Å². The maximum Gasteiger partial charge on any atom is 0.326 e. The number of halogens is 2. The van der Waals surface area contributed by atoms with Gasteiger partial charge in [-0.1, -0.05) is 66.8 Å². The van der Waals surface area contributed by atoms with E-state index in [1.54, 1.807) is 24.3 Å². The number of carboxylic acids is 1. The summed E-state index contributed by atoms with van der Waals surface area (Å²) in [4.78, 5) is 29.3. The quantitative estimate of drug-likeness (QED) is 0.435. The molecule has 2 aromatic rings. The minimum Gasteiger partial charge on any atom is -0.480 e. The fourth-order valence-corrected chi connectivity index (χ4v) is 5.45. The van der Waals surface area contributed by atoms with Gasteiger partial charge in [-0.3, -0.25) is 9.78 Å². The molecule has 172 valence electrons. The number of benzene rings is 1. The van der Waals surface area contributed by atoms with Crippen LogP contribution in [0.1, 0.15) is 48.0 Å². The van der Waals surface area contributed by atoms with E-state index in [1.807, 2.05) is 6.08 Å². The number of anilines is 1. The Bertz CT molecular complexity index is 1110. The van der Waals surface area contributed by atoms with Gasteiger partial charge in [0.05, 0.1) is 15.6 Å². The number of nitrogens with one attached hydrogen (secondary N) is 2. The summed E-state index contributed by atoms with van der Waals surface area (Å²) in [5, 5.41) is 16.1. The summed E-state index contributed by atoms with van der Waals surface area (Å²) < 4.78 is 0. The van der Waals surface area contributed by atoms with Gasteiger partial charge in [0.25, 0.3) is 5.91 Å². The van der Waals surface area contributed by atoms with Crippen molar-refractivity contribution in [2.75, 3.05) is 5.32 Å². The fraction of sp³-hybridized carbons (Fsp3) is 0.333. The summed E-state index contributed by atoms with van der Waals surface area (Å²) in [6, 6.07) is 6.25. The summed E-state index contributed by atoms with van der Waals surface area (Å²) >= 11 is 17.6. The van der Waals surface area contributed by atoms with E-state index in [-0.39, 0.29) is 21.0 Å². The topological polar surface area (TPSA) is 91.3 Å². The molecule has 1 amide bonds. The first-order valence-electron chi connectivity index (χ1n) is 10.8. The van der Waals surface area contributed by atoms with E-state index in [0.717, 1.165) is 41.8 Å². The third-order valence-electron chi connectivity index (χ3n) is 6.33. The highest BCUT2D eigenvalue weighted by Crippen LogP contribution is 2.49. The van der Waals surface area contributed by atoms with Crippen LogP contribution in [0.2, 0.25) is 10.0 Å². The van der Waals surface area contributed by atoms with E-state index in [2.05, 4.69) is 15.6 Å². The first-order chi connectivity index (χ1) is 15.8. The number of rotatable bonds is 7. The Labute approximate surface area is 207 Å². The summed E-state index contributed by atoms with van der Waals surface area (Å²) in [6.45, 7) is 0. The van der Waals surface area contributed by atoms with Crippen molar-refractivity contribution >= 4 is 57.8 Å². The molecule has 1 saturated carbocycles. The minimum atomic E-state index is -0.918. The molecule has 1 heterocycles. The molecule has 6 nitrogen and oxygen atoms in total. The number of carboxylic acid groups (broad SMARTS) is 1. The monoisotopic (exact) mass is 503 g/mol. The van der Waals surface area contributed by atoms with Crippen LogP contribution in [-0.4, -0.2) is 32.9 Å². The zero-order valence-corrected chi connectivity index (χ0v) is 20.1. The first kappa shape index (κ1) is 23.7. The van der Waals surface area contributed by atoms with Gasteiger partial charge >= 0.3 is 5.97 Å². The van der Waals surface area contributed by atoms with Crippen molar-refractivity contribution in [3.63, 3.8) is 0 Å². The van der Waals surface area contributed by atoms with Crippen LogP contribution in [0.25, 0.3) is 0 Å². The van der Waals surface area contributed by atoms with Crippen molar-refractivity contribution in [2.45, 2.75) is 44.6 Å². The number of aliphatic carboxylic acids is 1. The highest BCUT2D eigenvalue weighted by atomic mass is 35.5. The third kappa shape index (κ3) is 4.90. The zero-order chi connectivity index (χ0) is 23.6. The standard InChI is InChI=1S/C24H23Cl2N3O3S/c25-16-12-27-13-17(26)21(16)22(30)28-15-6-4-14(5-7-15)10-18(23(31)32)29-19-11-20(33)24(19)8-2-1-3-9-24/h4-7,11-13,18,29H,1-3,8-10H2,(H,28,30)(H,31,32). The third-order valence-corrected chi connectivity index (χ3v) is 7.41. The van der Waals surface area contributed by atoms with E-state index in [4.69, 9.17) is 35.4 Å². The highest BCUT2D eigenvalue weighted by Gasteiger charge is 2.46. The lowest BCUT2D eigenvalue weighted by Gasteiger charge is -2.46. The van der Waals surface area contributed by atoms with E-state index in [9.17, 15) is 14.7 Å². The Morgan fingerprint density at radius 1 is 1.09 bits per heavy atom. The van der Waals surface area contributed by atoms with Crippen LogP contribution < -0.4 is 10.6 Å². The van der Waals surface area contributed by atoms with Gasteiger partial charge in [0.2, 0.25) is 0 Å². The summed E-state index contributed by atoms with van der Waals surface area (Å²) in [5.74, 6) is -1.37. The molecule has 1 fully saturated rings. The minimum absolute atomic E-state index is 0.148. The van der Waals surface area contributed by atoms with Gasteiger partial charge in [0.1, 0.15) is 6.04 Å². The first-order valence-corrected chi connectivity index (χ1v) is 11.9. The van der Waals surface area contributed by atoms with E-state index < -0.39 is 17.9 Å². The largest absolute Gasteiger partial charge is 0.480 e. The highest BCUT2D eigenvalue weighted by molar-refractivity contribution is 7.81. The second-order valence-corrected chi connectivity index (χ2v) is 9.69. The lowest BCUT2D eigenvalue weighted by molar-refractivity contribution is -0.139. The van der Waals surface area contributed by atoms with Gasteiger partial charge in [-0.25, -0.2) is 4.79 Å². The van der Waals surface area contributed by atoms with E-state index >= 15 is 0 Å². The van der Waals surface area contributed by atoms with Crippen molar-refractivity contribution in [1.82, 2.24) is 10.3 Å². The maximum atomic E-state index is 12.5. The molecule has 0 saturated heterocycles. The van der Waals surface area contributed by atoms with Gasteiger partial charge in [-0.2, -0.15) is 0 Å². The number of allylic oxidation sites excluding steroid dienone is 2. The second kappa shape index (κ2) is 9.79. The molecule has 2 aliphatic carbocycles. The number of amides is 1. The predicted molar refractivity (Wildman–Crippen MR) is 133 cm³/mol. The molecule has 2 aliphatic rings. The second-order valence-electron chi connectivity index (χ2n) is 8.43. The number of pyridine rings is 1. The van der Waals surface area contributed by atoms with Gasteiger partial charge in [0, 0.05) is 40.5 Å². The van der Waals surface area contributed by atoms with Gasteiger partial charge in [-0.05, 0) is 36.6 Å². The van der Waals surface area contributed by atoms with Crippen LogP contribution in [0.5, 0.6) is 0 Å². The Morgan fingerprint density at radius 2 is 1.73 bits per heavy atom. The maximum absolute atomic E-state index is 12.5. The van der Waals surface area contributed by atoms with E-state index in [0.29, 0.717) is 12.1 Å². The number of hydrogen-bond donors (Lipinski definition) is 3. The van der Waals surface area contributed by atoms with Gasteiger partial charge in [0.15, 0.2) is 0 Å².